The van der Waals surface area contributed by atoms with Crippen molar-refractivity contribution in [1.82, 2.24) is 24.8 Å². The fourth-order valence-corrected chi connectivity index (χ4v) is 3.98. The summed E-state index contributed by atoms with van der Waals surface area (Å²) in [7, 11) is 4.87. The van der Waals surface area contributed by atoms with Gasteiger partial charge in [-0.2, -0.15) is 18.3 Å². The summed E-state index contributed by atoms with van der Waals surface area (Å²) in [5.41, 5.74) is 3.28. The molecule has 0 fully saturated rings. The summed E-state index contributed by atoms with van der Waals surface area (Å²) in [6.07, 6.45) is -1.16. The molecular weight excluding hydrogens is 499 g/mol. The van der Waals surface area contributed by atoms with Crippen molar-refractivity contribution in [2.24, 2.45) is 7.05 Å². The minimum atomic E-state index is -4.61. The lowest BCUT2D eigenvalue weighted by Crippen LogP contribution is -2.25. The van der Waals surface area contributed by atoms with Gasteiger partial charge in [0.05, 0.1) is 30.3 Å². The molecule has 1 amide bonds. The molecule has 38 heavy (non-hydrogen) atoms. The zero-order valence-electron chi connectivity index (χ0n) is 21.7. The summed E-state index contributed by atoms with van der Waals surface area (Å²) in [5, 5.41) is 15.2. The first kappa shape index (κ1) is 26.9. The second kappa shape index (κ2) is 10.7. The molecular formula is C26H28F3N7O2. The molecule has 0 atom stereocenters. The number of methoxy groups -OCH3 is 1. The Balaban J connectivity index is 1.59. The molecule has 0 aliphatic heterocycles. The molecule has 0 radical (unpaired) electrons. The van der Waals surface area contributed by atoms with Gasteiger partial charge in [-0.1, -0.05) is 11.3 Å². The summed E-state index contributed by atoms with van der Waals surface area (Å²) in [6, 6.07) is 8.69. The van der Waals surface area contributed by atoms with E-state index in [9.17, 15) is 18.0 Å². The fraction of sp³-hybridized carbons (Fsp3) is 0.308. The fourth-order valence-electron chi connectivity index (χ4n) is 3.98. The predicted octanol–water partition coefficient (Wildman–Crippen LogP) is 4.64. The number of carbonyl (C=O) groups is 1. The smallest absolute Gasteiger partial charge is 0.383 e. The van der Waals surface area contributed by atoms with Crippen LogP contribution in [0.5, 0.6) is 0 Å². The highest BCUT2D eigenvalue weighted by molar-refractivity contribution is 6.04. The number of rotatable bonds is 8. The standard InChI is InChI=1S/C26H28F3N7O2/c1-16-6-7-18(12-24(16)36-15-22(32-33-36)20-14-30-35(4)17(20)2)25(37)31-19-8-9-23(34(3)10-11-38-5)21(13-19)26(27,28)29/h6-9,12-15H,10-11H2,1-5H3,(H,31,37). The monoisotopic (exact) mass is 527 g/mol. The van der Waals surface area contributed by atoms with Gasteiger partial charge in [-0.3, -0.25) is 9.48 Å². The van der Waals surface area contributed by atoms with Crippen molar-refractivity contribution in [3.05, 3.63) is 71.2 Å². The van der Waals surface area contributed by atoms with Crippen molar-refractivity contribution >= 4 is 17.3 Å². The van der Waals surface area contributed by atoms with Crippen molar-refractivity contribution in [2.75, 3.05) is 37.5 Å². The Morgan fingerprint density at radius 1 is 1.16 bits per heavy atom. The minimum Gasteiger partial charge on any atom is -0.383 e. The molecule has 0 bridgehead atoms. The van der Waals surface area contributed by atoms with Crippen LogP contribution in [-0.2, 0) is 18.0 Å². The van der Waals surface area contributed by atoms with Crippen LogP contribution in [0.25, 0.3) is 16.9 Å². The van der Waals surface area contributed by atoms with Gasteiger partial charge in [0.1, 0.15) is 5.69 Å². The van der Waals surface area contributed by atoms with Gasteiger partial charge in [0.2, 0.25) is 0 Å². The van der Waals surface area contributed by atoms with Crippen molar-refractivity contribution in [2.45, 2.75) is 20.0 Å². The highest BCUT2D eigenvalue weighted by atomic mass is 19.4. The predicted molar refractivity (Wildman–Crippen MR) is 138 cm³/mol. The summed E-state index contributed by atoms with van der Waals surface area (Å²) >= 11 is 0. The van der Waals surface area contributed by atoms with Crippen LogP contribution in [0.3, 0.4) is 0 Å². The third-order valence-corrected chi connectivity index (χ3v) is 6.32. The Morgan fingerprint density at radius 2 is 1.92 bits per heavy atom. The largest absolute Gasteiger partial charge is 0.418 e. The van der Waals surface area contributed by atoms with E-state index in [4.69, 9.17) is 4.74 Å². The second-order valence-electron chi connectivity index (χ2n) is 8.92. The highest BCUT2D eigenvalue weighted by Crippen LogP contribution is 2.38. The molecule has 0 aliphatic rings. The maximum absolute atomic E-state index is 13.8. The van der Waals surface area contributed by atoms with E-state index < -0.39 is 17.6 Å². The van der Waals surface area contributed by atoms with E-state index in [1.54, 1.807) is 47.0 Å². The van der Waals surface area contributed by atoms with E-state index in [0.717, 1.165) is 22.9 Å². The van der Waals surface area contributed by atoms with E-state index in [-0.39, 0.29) is 30.1 Å². The summed E-state index contributed by atoms with van der Waals surface area (Å²) < 4.78 is 49.7. The van der Waals surface area contributed by atoms with Crippen LogP contribution in [0.2, 0.25) is 0 Å². The van der Waals surface area contributed by atoms with Crippen LogP contribution >= 0.6 is 0 Å². The number of nitrogens with one attached hydrogen (secondary N) is 1. The second-order valence-corrected chi connectivity index (χ2v) is 8.92. The van der Waals surface area contributed by atoms with Gasteiger partial charge in [-0.25, -0.2) is 4.68 Å². The van der Waals surface area contributed by atoms with E-state index >= 15 is 0 Å². The number of alkyl halides is 3. The normalized spacial score (nSPS) is 11.6. The van der Waals surface area contributed by atoms with Crippen LogP contribution in [-0.4, -0.2) is 58.0 Å². The first-order valence-electron chi connectivity index (χ1n) is 11.7. The van der Waals surface area contributed by atoms with Crippen LogP contribution in [0, 0.1) is 13.8 Å². The average Bonchev–Trinajstić information content (AvgIpc) is 3.48. The van der Waals surface area contributed by atoms with Crippen molar-refractivity contribution < 1.29 is 22.7 Å². The number of ether oxygens (including phenoxy) is 1. The first-order chi connectivity index (χ1) is 18.0. The maximum Gasteiger partial charge on any atom is 0.418 e. The summed E-state index contributed by atoms with van der Waals surface area (Å²) in [5.74, 6) is -0.552. The number of aromatic nitrogens is 5. The summed E-state index contributed by atoms with van der Waals surface area (Å²) in [4.78, 5) is 14.5. The number of anilines is 2. The molecule has 200 valence electrons. The molecule has 0 saturated carbocycles. The van der Waals surface area contributed by atoms with E-state index in [0.29, 0.717) is 11.4 Å². The van der Waals surface area contributed by atoms with E-state index in [1.165, 1.54) is 24.1 Å². The topological polar surface area (TPSA) is 90.1 Å². The summed E-state index contributed by atoms with van der Waals surface area (Å²) in [6.45, 7) is 4.34. The Labute approximate surface area is 217 Å². The average molecular weight is 528 g/mol. The lowest BCUT2D eigenvalue weighted by atomic mass is 10.1. The number of benzene rings is 2. The van der Waals surface area contributed by atoms with Crippen LogP contribution in [0.1, 0.15) is 27.2 Å². The van der Waals surface area contributed by atoms with E-state index in [1.807, 2.05) is 20.9 Å². The molecule has 9 nitrogen and oxygen atoms in total. The Bertz CT molecular complexity index is 1460. The highest BCUT2D eigenvalue weighted by Gasteiger charge is 2.35. The number of nitrogens with zero attached hydrogens (tertiary/aromatic N) is 6. The number of halogens is 3. The van der Waals surface area contributed by atoms with Crippen LogP contribution < -0.4 is 10.2 Å². The van der Waals surface area contributed by atoms with Crippen LogP contribution in [0.4, 0.5) is 24.5 Å². The zero-order chi connectivity index (χ0) is 27.6. The number of hydrogen-bond acceptors (Lipinski definition) is 6. The quantitative estimate of drug-likeness (QED) is 0.359. The molecule has 2 aromatic carbocycles. The van der Waals surface area contributed by atoms with Gasteiger partial charge >= 0.3 is 6.18 Å². The molecule has 12 heteroatoms. The number of carbonyl (C=O) groups excluding carboxylic acids is 1. The van der Waals surface area contributed by atoms with Gasteiger partial charge < -0.3 is 15.0 Å². The van der Waals surface area contributed by atoms with Gasteiger partial charge in [0.15, 0.2) is 0 Å². The van der Waals surface area contributed by atoms with Gasteiger partial charge in [-0.05, 0) is 49.7 Å². The lowest BCUT2D eigenvalue weighted by molar-refractivity contribution is -0.137. The molecule has 0 spiro atoms. The van der Waals surface area contributed by atoms with Gasteiger partial charge in [0.25, 0.3) is 5.91 Å². The molecule has 2 heterocycles. The van der Waals surface area contributed by atoms with Gasteiger partial charge in [-0.15, -0.1) is 5.10 Å². The Kier molecular flexibility index (Phi) is 7.53. The number of amides is 1. The number of hydrogen-bond donors (Lipinski definition) is 1. The maximum atomic E-state index is 13.8. The molecule has 0 saturated heterocycles. The SMILES string of the molecule is COCCN(C)c1ccc(NC(=O)c2ccc(C)c(-n3cc(-c4cnn(C)c4C)nn3)c2)cc1C(F)(F)F. The first-order valence-corrected chi connectivity index (χ1v) is 11.7. The lowest BCUT2D eigenvalue weighted by Gasteiger charge is -2.24. The molecule has 4 aromatic rings. The van der Waals surface area contributed by atoms with E-state index in [2.05, 4.69) is 20.7 Å². The Morgan fingerprint density at radius 3 is 2.58 bits per heavy atom. The van der Waals surface area contributed by atoms with Gasteiger partial charge in [0, 0.05) is 55.9 Å². The number of aryl methyl sites for hydroxylation is 2. The number of likely N-dealkylation sites (N-methyl/N-ethyl adjacent to an activating group) is 1. The van der Waals surface area contributed by atoms with Crippen molar-refractivity contribution in [1.29, 1.82) is 0 Å². The third kappa shape index (κ3) is 5.54. The zero-order valence-corrected chi connectivity index (χ0v) is 21.7. The van der Waals surface area contributed by atoms with Crippen molar-refractivity contribution in [3.63, 3.8) is 0 Å². The minimum absolute atomic E-state index is 0.00369. The molecule has 4 rings (SSSR count). The molecule has 0 aliphatic carbocycles. The molecule has 2 aromatic heterocycles. The third-order valence-electron chi connectivity index (χ3n) is 6.32. The van der Waals surface area contributed by atoms with Crippen LogP contribution in [0.15, 0.2) is 48.8 Å². The Hall–Kier alpha value is -4.19. The molecule has 1 N–H and O–H groups in total. The molecule has 0 unspecified atom stereocenters. The van der Waals surface area contributed by atoms with Crippen molar-refractivity contribution in [3.8, 4) is 16.9 Å².